The minimum atomic E-state index is -3.61. The number of nitrogens with one attached hydrogen (secondary N) is 1. The Morgan fingerprint density at radius 1 is 1.45 bits per heavy atom. The average molecular weight is 360 g/mol. The normalized spacial score (nSPS) is 20.4. The van der Waals surface area contributed by atoms with Gasteiger partial charge in [0.2, 0.25) is 0 Å². The highest BCUT2D eigenvalue weighted by atomic mass is 79.9. The van der Waals surface area contributed by atoms with Gasteiger partial charge in [0.25, 0.3) is 10.0 Å². The molecule has 1 N–H and O–H groups in total. The molecular weight excluding hydrogens is 346 g/mol. The summed E-state index contributed by atoms with van der Waals surface area (Å²) in [4.78, 5) is 4.11. The zero-order chi connectivity index (χ0) is 14.2. The zero-order valence-corrected chi connectivity index (χ0v) is 13.0. The second-order valence-electron chi connectivity index (χ2n) is 4.71. The second-order valence-corrected chi connectivity index (χ2v) is 7.28. The molecule has 0 aromatic carbocycles. The van der Waals surface area contributed by atoms with E-state index in [1.807, 2.05) is 6.07 Å². The van der Waals surface area contributed by atoms with Crippen molar-refractivity contribution in [3.63, 3.8) is 0 Å². The van der Waals surface area contributed by atoms with Crippen molar-refractivity contribution >= 4 is 31.6 Å². The Kier molecular flexibility index (Phi) is 3.80. The molecule has 1 fully saturated rings. The number of nitrogens with zero attached hydrogens (tertiary/aromatic N) is 2. The Balaban J connectivity index is 1.94. The summed E-state index contributed by atoms with van der Waals surface area (Å²) < 4.78 is 35.2. The molecule has 0 aliphatic carbocycles. The SMILES string of the molecule is O=S(=O)(NC1CCCOC1)c1cnc2ccc(Br)cn12. The van der Waals surface area contributed by atoms with Crippen molar-refractivity contribution in [2.24, 2.45) is 0 Å². The first-order valence-corrected chi connectivity index (χ1v) is 8.56. The Morgan fingerprint density at radius 2 is 2.30 bits per heavy atom. The maximum atomic E-state index is 12.4. The Bertz CT molecular complexity index is 723. The molecule has 20 heavy (non-hydrogen) atoms. The van der Waals surface area contributed by atoms with Gasteiger partial charge in [-0.05, 0) is 40.9 Å². The van der Waals surface area contributed by atoms with E-state index in [0.717, 1.165) is 17.3 Å². The summed E-state index contributed by atoms with van der Waals surface area (Å²) in [6.45, 7) is 1.11. The lowest BCUT2D eigenvalue weighted by Crippen LogP contribution is -2.40. The van der Waals surface area contributed by atoms with Crippen LogP contribution in [-0.4, -0.2) is 37.1 Å². The molecule has 1 aliphatic heterocycles. The number of halogens is 1. The molecule has 3 heterocycles. The fourth-order valence-electron chi connectivity index (χ4n) is 2.24. The molecule has 108 valence electrons. The molecule has 6 nitrogen and oxygen atoms in total. The van der Waals surface area contributed by atoms with Crippen LogP contribution >= 0.6 is 15.9 Å². The van der Waals surface area contributed by atoms with Crippen molar-refractivity contribution in [2.45, 2.75) is 23.9 Å². The van der Waals surface area contributed by atoms with Crippen LogP contribution in [-0.2, 0) is 14.8 Å². The van der Waals surface area contributed by atoms with E-state index in [2.05, 4.69) is 25.6 Å². The highest BCUT2D eigenvalue weighted by Gasteiger charge is 2.25. The Hall–Kier alpha value is -0.960. The van der Waals surface area contributed by atoms with Crippen molar-refractivity contribution in [3.8, 4) is 0 Å². The second kappa shape index (κ2) is 5.44. The fraction of sp³-hybridized carbons (Fsp3) is 0.417. The number of hydrogen-bond donors (Lipinski definition) is 1. The Morgan fingerprint density at radius 3 is 3.05 bits per heavy atom. The molecule has 2 aromatic heterocycles. The summed E-state index contributed by atoms with van der Waals surface area (Å²) in [5.74, 6) is 0. The molecule has 0 amide bonds. The molecule has 0 radical (unpaired) electrons. The number of fused-ring (bicyclic) bond motifs is 1. The van der Waals surface area contributed by atoms with Gasteiger partial charge in [0.15, 0.2) is 5.03 Å². The van der Waals surface area contributed by atoms with Crippen molar-refractivity contribution in [2.75, 3.05) is 13.2 Å². The third-order valence-electron chi connectivity index (χ3n) is 3.19. The Labute approximate surface area is 125 Å². The summed E-state index contributed by atoms with van der Waals surface area (Å²) >= 11 is 3.33. The standard InChI is InChI=1S/C12H14BrN3O3S/c13-9-3-4-11-14-6-12(16(11)7-9)20(17,18)15-10-2-1-5-19-8-10/h3-4,6-7,10,15H,1-2,5,8H2. The van der Waals surface area contributed by atoms with Gasteiger partial charge in [0.05, 0.1) is 12.8 Å². The highest BCUT2D eigenvalue weighted by molar-refractivity contribution is 9.10. The van der Waals surface area contributed by atoms with Crippen LogP contribution in [0.5, 0.6) is 0 Å². The maximum Gasteiger partial charge on any atom is 0.258 e. The minimum absolute atomic E-state index is 0.138. The highest BCUT2D eigenvalue weighted by Crippen LogP contribution is 2.18. The van der Waals surface area contributed by atoms with E-state index < -0.39 is 10.0 Å². The van der Waals surface area contributed by atoms with Crippen molar-refractivity contribution < 1.29 is 13.2 Å². The van der Waals surface area contributed by atoms with E-state index in [1.54, 1.807) is 16.7 Å². The lowest BCUT2D eigenvalue weighted by molar-refractivity contribution is 0.0774. The number of pyridine rings is 1. The van der Waals surface area contributed by atoms with Crippen LogP contribution < -0.4 is 4.72 Å². The fourth-order valence-corrected chi connectivity index (χ4v) is 3.92. The summed E-state index contributed by atoms with van der Waals surface area (Å²) in [5, 5.41) is 0.138. The van der Waals surface area contributed by atoms with E-state index in [9.17, 15) is 8.42 Å². The molecule has 8 heteroatoms. The third-order valence-corrected chi connectivity index (χ3v) is 5.16. The van der Waals surface area contributed by atoms with Crippen molar-refractivity contribution in [1.29, 1.82) is 0 Å². The largest absolute Gasteiger partial charge is 0.380 e. The molecular formula is C12H14BrN3O3S. The number of hydrogen-bond acceptors (Lipinski definition) is 4. The number of aromatic nitrogens is 2. The van der Waals surface area contributed by atoms with Gasteiger partial charge in [-0.3, -0.25) is 4.40 Å². The quantitative estimate of drug-likeness (QED) is 0.902. The first kappa shape index (κ1) is 14.0. The van der Waals surface area contributed by atoms with E-state index >= 15 is 0 Å². The zero-order valence-electron chi connectivity index (χ0n) is 10.6. The smallest absolute Gasteiger partial charge is 0.258 e. The van der Waals surface area contributed by atoms with Gasteiger partial charge in [0, 0.05) is 23.3 Å². The molecule has 0 saturated carbocycles. The molecule has 1 aliphatic rings. The van der Waals surface area contributed by atoms with Crippen LogP contribution in [0.1, 0.15) is 12.8 Å². The minimum Gasteiger partial charge on any atom is -0.380 e. The van der Waals surface area contributed by atoms with Crippen LogP contribution in [0.25, 0.3) is 5.65 Å². The van der Waals surface area contributed by atoms with Crippen LogP contribution in [0.4, 0.5) is 0 Å². The molecule has 0 bridgehead atoms. The van der Waals surface area contributed by atoms with E-state index in [-0.39, 0.29) is 11.1 Å². The molecule has 1 unspecified atom stereocenters. The van der Waals surface area contributed by atoms with Gasteiger partial charge in [-0.25, -0.2) is 18.1 Å². The van der Waals surface area contributed by atoms with Crippen molar-refractivity contribution in [3.05, 3.63) is 29.0 Å². The van der Waals surface area contributed by atoms with E-state index in [0.29, 0.717) is 18.9 Å². The van der Waals surface area contributed by atoms with Crippen LogP contribution in [0.2, 0.25) is 0 Å². The topological polar surface area (TPSA) is 72.7 Å². The predicted octanol–water partition coefficient (Wildman–Crippen LogP) is 1.55. The van der Waals surface area contributed by atoms with E-state index in [1.165, 1.54) is 6.20 Å². The van der Waals surface area contributed by atoms with Crippen LogP contribution in [0.15, 0.2) is 34.0 Å². The van der Waals surface area contributed by atoms with Gasteiger partial charge >= 0.3 is 0 Å². The van der Waals surface area contributed by atoms with Gasteiger partial charge in [-0.2, -0.15) is 0 Å². The van der Waals surface area contributed by atoms with Gasteiger partial charge in [-0.15, -0.1) is 0 Å². The predicted molar refractivity (Wildman–Crippen MR) is 77.1 cm³/mol. The first-order valence-electron chi connectivity index (χ1n) is 6.29. The van der Waals surface area contributed by atoms with Crippen molar-refractivity contribution in [1.82, 2.24) is 14.1 Å². The van der Waals surface area contributed by atoms with Gasteiger partial charge in [-0.1, -0.05) is 0 Å². The number of sulfonamides is 1. The summed E-state index contributed by atoms with van der Waals surface area (Å²) in [5.41, 5.74) is 0.591. The van der Waals surface area contributed by atoms with Gasteiger partial charge in [0.1, 0.15) is 5.65 Å². The summed E-state index contributed by atoms with van der Waals surface area (Å²) in [6, 6.07) is 3.40. The maximum absolute atomic E-state index is 12.4. The lowest BCUT2D eigenvalue weighted by atomic mass is 10.1. The lowest BCUT2D eigenvalue weighted by Gasteiger charge is -2.22. The van der Waals surface area contributed by atoms with E-state index in [4.69, 9.17) is 4.74 Å². The number of rotatable bonds is 3. The third kappa shape index (κ3) is 2.73. The first-order chi connectivity index (χ1) is 9.56. The average Bonchev–Trinajstić information content (AvgIpc) is 2.83. The number of ether oxygens (including phenoxy) is 1. The van der Waals surface area contributed by atoms with Gasteiger partial charge < -0.3 is 4.74 Å². The number of imidazole rings is 1. The molecule has 1 atom stereocenters. The monoisotopic (exact) mass is 359 g/mol. The molecule has 3 rings (SSSR count). The van der Waals surface area contributed by atoms with Crippen LogP contribution in [0, 0.1) is 0 Å². The molecule has 0 spiro atoms. The molecule has 1 saturated heterocycles. The summed E-state index contributed by atoms with van der Waals surface area (Å²) in [7, 11) is -3.61. The van der Waals surface area contributed by atoms with Crippen LogP contribution in [0.3, 0.4) is 0 Å². The molecule has 2 aromatic rings. The summed E-state index contributed by atoms with van der Waals surface area (Å²) in [6.07, 6.45) is 4.72.